The Labute approximate surface area is 105 Å². The lowest BCUT2D eigenvalue weighted by molar-refractivity contribution is 0.203. The van der Waals surface area contributed by atoms with Crippen molar-refractivity contribution < 1.29 is 19.8 Å². The third kappa shape index (κ3) is 5.19. The molecule has 1 saturated carbocycles. The number of aliphatic hydroxyl groups excluding tert-OH is 2. The molecule has 6 N–H and O–H groups in total. The van der Waals surface area contributed by atoms with E-state index in [1.165, 1.54) is 0 Å². The van der Waals surface area contributed by atoms with E-state index in [0.29, 0.717) is 6.42 Å². The Morgan fingerprint density at radius 2 is 1.39 bits per heavy atom. The minimum absolute atomic E-state index is 0.0234. The van der Waals surface area contributed by atoms with E-state index in [4.69, 9.17) is 10.2 Å². The first-order valence-electron chi connectivity index (χ1n) is 5.96. The first kappa shape index (κ1) is 14.5. The van der Waals surface area contributed by atoms with Gasteiger partial charge in [-0.05, 0) is 25.7 Å². The van der Waals surface area contributed by atoms with E-state index in [0.717, 1.165) is 19.3 Å². The van der Waals surface area contributed by atoms with Gasteiger partial charge in [0.1, 0.15) is 13.5 Å². The summed E-state index contributed by atoms with van der Waals surface area (Å²) in [6, 6.07) is -0.875. The summed E-state index contributed by atoms with van der Waals surface area (Å²) < 4.78 is 0. The lowest BCUT2D eigenvalue weighted by Gasteiger charge is -2.30. The van der Waals surface area contributed by atoms with Gasteiger partial charge < -0.3 is 31.5 Å². The monoisotopic (exact) mass is 260 g/mol. The van der Waals surface area contributed by atoms with Crippen LogP contribution < -0.4 is 21.3 Å². The van der Waals surface area contributed by atoms with Crippen LogP contribution in [0.25, 0.3) is 0 Å². The second-order valence-corrected chi connectivity index (χ2v) is 4.18. The van der Waals surface area contributed by atoms with Crippen LogP contribution in [0.3, 0.4) is 0 Å². The van der Waals surface area contributed by atoms with Crippen LogP contribution in [0, 0.1) is 0 Å². The third-order valence-electron chi connectivity index (χ3n) is 2.82. The average molecular weight is 260 g/mol. The van der Waals surface area contributed by atoms with Gasteiger partial charge >= 0.3 is 12.1 Å². The predicted octanol–water partition coefficient (Wildman–Crippen LogP) is -1.20. The molecule has 8 heteroatoms. The summed E-state index contributed by atoms with van der Waals surface area (Å²) >= 11 is 0. The van der Waals surface area contributed by atoms with Crippen molar-refractivity contribution >= 4 is 12.1 Å². The van der Waals surface area contributed by atoms with Gasteiger partial charge in [0.05, 0.1) is 0 Å². The normalized spacial score (nSPS) is 23.0. The number of amides is 4. The molecule has 104 valence electrons. The molecule has 2 unspecified atom stereocenters. The lowest BCUT2D eigenvalue weighted by Crippen LogP contribution is -2.50. The summed E-state index contributed by atoms with van der Waals surface area (Å²) in [4.78, 5) is 22.5. The fourth-order valence-electron chi connectivity index (χ4n) is 2.07. The number of hydrogen-bond donors (Lipinski definition) is 6. The number of carbonyl (C=O) groups is 2. The van der Waals surface area contributed by atoms with Crippen LogP contribution in [0.5, 0.6) is 0 Å². The zero-order chi connectivity index (χ0) is 13.4. The van der Waals surface area contributed by atoms with E-state index in [2.05, 4.69) is 21.3 Å². The molecule has 2 atom stereocenters. The molecule has 1 aliphatic carbocycles. The van der Waals surface area contributed by atoms with Crippen molar-refractivity contribution in [2.75, 3.05) is 13.5 Å². The number of rotatable bonds is 4. The molecule has 8 nitrogen and oxygen atoms in total. The summed E-state index contributed by atoms with van der Waals surface area (Å²) in [5, 5.41) is 27.0. The predicted molar refractivity (Wildman–Crippen MR) is 63.6 cm³/mol. The highest BCUT2D eigenvalue weighted by molar-refractivity contribution is 5.74. The fraction of sp³-hybridized carbons (Fsp3) is 0.800. The average Bonchev–Trinajstić information content (AvgIpc) is 2.29. The van der Waals surface area contributed by atoms with Gasteiger partial charge in [0.25, 0.3) is 0 Å². The van der Waals surface area contributed by atoms with E-state index in [-0.39, 0.29) is 12.1 Å². The van der Waals surface area contributed by atoms with Gasteiger partial charge in [0.15, 0.2) is 0 Å². The highest BCUT2D eigenvalue weighted by atomic mass is 16.3. The topological polar surface area (TPSA) is 123 Å². The Balaban J connectivity index is 2.31. The molecular weight excluding hydrogens is 240 g/mol. The Bertz CT molecular complexity index is 261. The van der Waals surface area contributed by atoms with Crippen LogP contribution in [0.2, 0.25) is 0 Å². The van der Waals surface area contributed by atoms with Crippen molar-refractivity contribution in [1.82, 2.24) is 21.3 Å². The maximum atomic E-state index is 11.2. The molecule has 1 fully saturated rings. The maximum Gasteiger partial charge on any atom is 0.316 e. The van der Waals surface area contributed by atoms with Crippen molar-refractivity contribution in [2.24, 2.45) is 0 Å². The summed E-state index contributed by atoms with van der Waals surface area (Å²) in [5.74, 6) is 0. The molecule has 0 saturated heterocycles. The second-order valence-electron chi connectivity index (χ2n) is 4.18. The number of nitrogens with one attached hydrogen (secondary N) is 4. The number of hydrogen-bond acceptors (Lipinski definition) is 4. The largest absolute Gasteiger partial charge is 0.376 e. The summed E-state index contributed by atoms with van der Waals surface area (Å²) in [6.07, 6.45) is 3.23. The number of carbonyl (C=O) groups excluding carboxylic acids is 2. The second kappa shape index (κ2) is 7.72. The van der Waals surface area contributed by atoms with Gasteiger partial charge in [-0.1, -0.05) is 0 Å². The van der Waals surface area contributed by atoms with E-state index in [9.17, 15) is 9.59 Å². The summed E-state index contributed by atoms with van der Waals surface area (Å²) in [6.45, 7) is -0.807. The summed E-state index contributed by atoms with van der Waals surface area (Å²) in [5.41, 5.74) is 0. The molecule has 0 aromatic carbocycles. The van der Waals surface area contributed by atoms with Crippen molar-refractivity contribution in [3.05, 3.63) is 0 Å². The molecule has 18 heavy (non-hydrogen) atoms. The van der Waals surface area contributed by atoms with E-state index in [1.807, 2.05) is 0 Å². The minimum Gasteiger partial charge on any atom is -0.376 e. The standard InChI is InChI=1S/C10H20N4O4/c15-5-11-9(17)13-7-2-1-3-8(4-7)14-10(18)12-6-16/h7-8,15-16H,1-6H2,(H2,11,13,17)(H2,12,14,18). The Kier molecular flexibility index (Phi) is 6.23. The van der Waals surface area contributed by atoms with Gasteiger partial charge in [0.2, 0.25) is 0 Å². The first-order chi connectivity index (χ1) is 8.65. The fourth-order valence-corrected chi connectivity index (χ4v) is 2.07. The molecule has 1 rings (SSSR count). The van der Waals surface area contributed by atoms with Crippen LogP contribution >= 0.6 is 0 Å². The van der Waals surface area contributed by atoms with E-state index in [1.54, 1.807) is 0 Å². The van der Waals surface area contributed by atoms with E-state index >= 15 is 0 Å². The van der Waals surface area contributed by atoms with Crippen LogP contribution in [0.4, 0.5) is 9.59 Å². The highest BCUT2D eigenvalue weighted by Gasteiger charge is 2.24. The van der Waals surface area contributed by atoms with Gasteiger partial charge in [0, 0.05) is 12.1 Å². The van der Waals surface area contributed by atoms with Crippen molar-refractivity contribution in [3.63, 3.8) is 0 Å². The smallest absolute Gasteiger partial charge is 0.316 e. The van der Waals surface area contributed by atoms with Gasteiger partial charge in [-0.15, -0.1) is 0 Å². The molecule has 0 heterocycles. The zero-order valence-corrected chi connectivity index (χ0v) is 10.1. The first-order valence-corrected chi connectivity index (χ1v) is 5.96. The molecule has 0 aromatic heterocycles. The van der Waals surface area contributed by atoms with Gasteiger partial charge in [-0.3, -0.25) is 0 Å². The van der Waals surface area contributed by atoms with Crippen molar-refractivity contribution in [3.8, 4) is 0 Å². The molecular formula is C10H20N4O4. The molecule has 0 radical (unpaired) electrons. The highest BCUT2D eigenvalue weighted by Crippen LogP contribution is 2.18. The van der Waals surface area contributed by atoms with Crippen molar-refractivity contribution in [2.45, 2.75) is 37.8 Å². The summed E-state index contributed by atoms with van der Waals surface area (Å²) in [7, 11) is 0. The van der Waals surface area contributed by atoms with E-state index < -0.39 is 25.5 Å². The molecule has 0 aliphatic heterocycles. The number of urea groups is 2. The SMILES string of the molecule is O=C(NCO)NC1CCCC(NC(=O)NCO)C1. The Morgan fingerprint density at radius 3 is 1.78 bits per heavy atom. The Morgan fingerprint density at radius 1 is 0.944 bits per heavy atom. The van der Waals surface area contributed by atoms with Crippen LogP contribution in [-0.2, 0) is 0 Å². The quantitative estimate of drug-likeness (QED) is 0.355. The Hall–Kier alpha value is -1.54. The maximum absolute atomic E-state index is 11.2. The van der Waals surface area contributed by atoms with Crippen LogP contribution in [0.15, 0.2) is 0 Å². The molecule has 0 spiro atoms. The minimum atomic E-state index is -0.414. The number of aliphatic hydroxyl groups is 2. The van der Waals surface area contributed by atoms with Gasteiger partial charge in [-0.2, -0.15) is 0 Å². The van der Waals surface area contributed by atoms with Gasteiger partial charge in [-0.25, -0.2) is 9.59 Å². The third-order valence-corrected chi connectivity index (χ3v) is 2.82. The molecule has 0 bridgehead atoms. The van der Waals surface area contributed by atoms with Crippen molar-refractivity contribution in [1.29, 1.82) is 0 Å². The molecule has 4 amide bonds. The molecule has 0 aromatic rings. The zero-order valence-electron chi connectivity index (χ0n) is 10.1. The lowest BCUT2D eigenvalue weighted by atomic mass is 9.91. The van der Waals surface area contributed by atoms with Crippen LogP contribution in [0.1, 0.15) is 25.7 Å². The van der Waals surface area contributed by atoms with Crippen LogP contribution in [-0.4, -0.2) is 47.8 Å². The molecule has 1 aliphatic rings.